The standard InChI is InChI=1S/C16H21N3O2S/c1-20-11-10-15-18-16(22-19-15)17-12-6-8-14(9-7-12)21-13-4-2-3-5-13/h6-9,13H,2-5,10-11H2,1H3,(H,17,18,19). The topological polar surface area (TPSA) is 56.3 Å². The average molecular weight is 319 g/mol. The molecule has 118 valence electrons. The van der Waals surface area contributed by atoms with Gasteiger partial charge in [-0.3, -0.25) is 0 Å². The Morgan fingerprint density at radius 1 is 1.23 bits per heavy atom. The van der Waals surface area contributed by atoms with Gasteiger partial charge in [0.15, 0.2) is 0 Å². The van der Waals surface area contributed by atoms with Crippen molar-refractivity contribution in [2.45, 2.75) is 38.2 Å². The summed E-state index contributed by atoms with van der Waals surface area (Å²) in [5.74, 6) is 1.76. The molecule has 0 atom stereocenters. The minimum Gasteiger partial charge on any atom is -0.490 e. The van der Waals surface area contributed by atoms with Crippen LogP contribution in [0.3, 0.4) is 0 Å². The summed E-state index contributed by atoms with van der Waals surface area (Å²) >= 11 is 1.37. The first kappa shape index (κ1) is 15.2. The van der Waals surface area contributed by atoms with Crippen LogP contribution in [0.1, 0.15) is 31.5 Å². The van der Waals surface area contributed by atoms with E-state index in [9.17, 15) is 0 Å². The molecule has 0 spiro atoms. The predicted molar refractivity (Wildman–Crippen MR) is 88.1 cm³/mol. The van der Waals surface area contributed by atoms with Crippen LogP contribution in [0.15, 0.2) is 24.3 Å². The molecular weight excluding hydrogens is 298 g/mol. The molecule has 0 unspecified atom stereocenters. The molecule has 0 bridgehead atoms. The number of ether oxygens (including phenoxy) is 2. The first-order valence-corrected chi connectivity index (χ1v) is 8.46. The number of hydrogen-bond donors (Lipinski definition) is 1. The van der Waals surface area contributed by atoms with Crippen molar-refractivity contribution in [3.05, 3.63) is 30.1 Å². The van der Waals surface area contributed by atoms with Gasteiger partial charge >= 0.3 is 0 Å². The maximum absolute atomic E-state index is 5.96. The smallest absolute Gasteiger partial charge is 0.207 e. The van der Waals surface area contributed by atoms with Crippen LogP contribution in [0.2, 0.25) is 0 Å². The molecule has 0 saturated heterocycles. The van der Waals surface area contributed by atoms with Gasteiger partial charge < -0.3 is 14.8 Å². The molecule has 6 heteroatoms. The second-order valence-electron chi connectivity index (χ2n) is 5.43. The number of nitrogens with one attached hydrogen (secondary N) is 1. The highest BCUT2D eigenvalue weighted by Gasteiger charge is 2.16. The normalized spacial score (nSPS) is 15.1. The number of nitrogens with zero attached hydrogens (tertiary/aromatic N) is 2. The molecule has 2 aromatic rings. The lowest BCUT2D eigenvalue weighted by atomic mass is 10.3. The molecule has 0 radical (unpaired) electrons. The van der Waals surface area contributed by atoms with Crippen molar-refractivity contribution in [3.63, 3.8) is 0 Å². The molecule has 0 amide bonds. The zero-order valence-corrected chi connectivity index (χ0v) is 13.6. The first-order valence-electron chi connectivity index (χ1n) is 7.69. The molecule has 1 aromatic heterocycles. The maximum atomic E-state index is 5.96. The van der Waals surface area contributed by atoms with Gasteiger partial charge in [0.25, 0.3) is 0 Å². The van der Waals surface area contributed by atoms with E-state index in [1.54, 1.807) is 7.11 Å². The van der Waals surface area contributed by atoms with E-state index in [1.165, 1.54) is 37.2 Å². The molecule has 5 nitrogen and oxygen atoms in total. The van der Waals surface area contributed by atoms with Crippen molar-refractivity contribution in [1.82, 2.24) is 9.36 Å². The van der Waals surface area contributed by atoms with Crippen molar-refractivity contribution in [1.29, 1.82) is 0 Å². The Hall–Kier alpha value is -1.66. The fraction of sp³-hybridized carbons (Fsp3) is 0.500. The molecular formula is C16H21N3O2S. The predicted octanol–water partition coefficient (Wildman–Crippen LogP) is 3.79. The Labute approximate surface area is 134 Å². The summed E-state index contributed by atoms with van der Waals surface area (Å²) in [5, 5.41) is 4.07. The van der Waals surface area contributed by atoms with Crippen LogP contribution in [0.25, 0.3) is 0 Å². The van der Waals surface area contributed by atoms with Gasteiger partial charge in [-0.1, -0.05) is 0 Å². The number of methoxy groups -OCH3 is 1. The zero-order valence-electron chi connectivity index (χ0n) is 12.7. The summed E-state index contributed by atoms with van der Waals surface area (Å²) in [6, 6.07) is 8.04. The highest BCUT2D eigenvalue weighted by Crippen LogP contribution is 2.26. The van der Waals surface area contributed by atoms with E-state index in [2.05, 4.69) is 14.7 Å². The van der Waals surface area contributed by atoms with E-state index in [-0.39, 0.29) is 0 Å². The largest absolute Gasteiger partial charge is 0.490 e. The van der Waals surface area contributed by atoms with Crippen LogP contribution >= 0.6 is 11.5 Å². The molecule has 1 heterocycles. The lowest BCUT2D eigenvalue weighted by Gasteiger charge is -2.13. The molecule has 1 aromatic carbocycles. The molecule has 22 heavy (non-hydrogen) atoms. The summed E-state index contributed by atoms with van der Waals surface area (Å²) < 4.78 is 15.3. The lowest BCUT2D eigenvalue weighted by Crippen LogP contribution is -2.10. The van der Waals surface area contributed by atoms with E-state index >= 15 is 0 Å². The monoisotopic (exact) mass is 319 g/mol. The summed E-state index contributed by atoms with van der Waals surface area (Å²) in [6.45, 7) is 0.642. The molecule has 1 N–H and O–H groups in total. The van der Waals surface area contributed by atoms with Crippen molar-refractivity contribution in [2.24, 2.45) is 0 Å². The van der Waals surface area contributed by atoms with Crippen LogP contribution in [0, 0.1) is 0 Å². The minimum absolute atomic E-state index is 0.394. The second kappa shape index (κ2) is 7.56. The maximum Gasteiger partial charge on any atom is 0.207 e. The van der Waals surface area contributed by atoms with Crippen LogP contribution < -0.4 is 10.1 Å². The molecule has 1 saturated carbocycles. The molecule has 3 rings (SSSR count). The van der Waals surface area contributed by atoms with Crippen LogP contribution in [-0.4, -0.2) is 29.2 Å². The number of hydrogen-bond acceptors (Lipinski definition) is 6. The summed E-state index contributed by atoms with van der Waals surface area (Å²) in [7, 11) is 1.68. The summed E-state index contributed by atoms with van der Waals surface area (Å²) in [4.78, 5) is 4.43. The Morgan fingerprint density at radius 2 is 2.00 bits per heavy atom. The average Bonchev–Trinajstić information content (AvgIpc) is 3.19. The first-order chi connectivity index (χ1) is 10.8. The number of rotatable bonds is 7. The van der Waals surface area contributed by atoms with Crippen LogP contribution in [-0.2, 0) is 11.2 Å². The second-order valence-corrected chi connectivity index (χ2v) is 6.18. The van der Waals surface area contributed by atoms with E-state index in [4.69, 9.17) is 9.47 Å². The molecule has 0 aliphatic heterocycles. The van der Waals surface area contributed by atoms with Crippen LogP contribution in [0.4, 0.5) is 10.8 Å². The number of benzene rings is 1. The minimum atomic E-state index is 0.394. The molecule has 1 aliphatic rings. The van der Waals surface area contributed by atoms with E-state index in [0.717, 1.165) is 28.8 Å². The highest BCUT2D eigenvalue weighted by molar-refractivity contribution is 7.09. The quantitative estimate of drug-likeness (QED) is 0.841. The van der Waals surface area contributed by atoms with Gasteiger partial charge in [-0.25, -0.2) is 4.98 Å². The molecule has 1 fully saturated rings. The van der Waals surface area contributed by atoms with Gasteiger partial charge in [-0.2, -0.15) is 4.37 Å². The highest BCUT2D eigenvalue weighted by atomic mass is 32.1. The fourth-order valence-electron chi connectivity index (χ4n) is 2.54. The summed E-state index contributed by atoms with van der Waals surface area (Å²) in [6.07, 6.45) is 6.05. The van der Waals surface area contributed by atoms with Crippen molar-refractivity contribution < 1.29 is 9.47 Å². The Kier molecular flexibility index (Phi) is 5.24. The van der Waals surface area contributed by atoms with E-state index in [0.29, 0.717) is 12.7 Å². The van der Waals surface area contributed by atoms with Gasteiger partial charge in [0.05, 0.1) is 12.7 Å². The van der Waals surface area contributed by atoms with Gasteiger partial charge in [0.1, 0.15) is 11.6 Å². The third kappa shape index (κ3) is 4.18. The van der Waals surface area contributed by atoms with Gasteiger partial charge in [0, 0.05) is 30.8 Å². The summed E-state index contributed by atoms with van der Waals surface area (Å²) in [5.41, 5.74) is 0.994. The van der Waals surface area contributed by atoms with E-state index < -0.39 is 0 Å². The zero-order chi connectivity index (χ0) is 15.2. The molecule has 1 aliphatic carbocycles. The number of anilines is 2. The van der Waals surface area contributed by atoms with Crippen molar-refractivity contribution in [3.8, 4) is 5.75 Å². The van der Waals surface area contributed by atoms with E-state index in [1.807, 2.05) is 24.3 Å². The van der Waals surface area contributed by atoms with Gasteiger partial charge in [0.2, 0.25) is 5.13 Å². The number of aromatic nitrogens is 2. The van der Waals surface area contributed by atoms with Crippen molar-refractivity contribution >= 4 is 22.4 Å². The SMILES string of the molecule is COCCc1nsc(Nc2ccc(OC3CCCC3)cc2)n1. The third-order valence-corrected chi connectivity index (χ3v) is 4.38. The van der Waals surface area contributed by atoms with Gasteiger partial charge in [-0.05, 0) is 49.9 Å². The third-order valence-electron chi connectivity index (χ3n) is 3.71. The van der Waals surface area contributed by atoms with Gasteiger partial charge in [-0.15, -0.1) is 0 Å². The Balaban J connectivity index is 1.54. The Bertz CT molecular complexity index is 579. The Morgan fingerprint density at radius 3 is 2.73 bits per heavy atom. The van der Waals surface area contributed by atoms with Crippen molar-refractivity contribution in [2.75, 3.05) is 19.0 Å². The lowest BCUT2D eigenvalue weighted by molar-refractivity contribution is 0.201. The van der Waals surface area contributed by atoms with Crippen LogP contribution in [0.5, 0.6) is 5.75 Å². The fourth-order valence-corrected chi connectivity index (χ4v) is 3.17.